The first-order valence-electron chi connectivity index (χ1n) is 15.4. The van der Waals surface area contributed by atoms with Gasteiger partial charge in [-0.25, -0.2) is 8.78 Å². The SMILES string of the molecule is C[C@@H]1CN(c2c(CO[Si](c3ccccc3)(c3ccccc3)C(C)(C)C)cc(C(O)C(=O)c3ccccc3)c(F)c2F)C[C@H](C)O1. The van der Waals surface area contributed by atoms with Crippen LogP contribution in [0.3, 0.4) is 0 Å². The fourth-order valence-electron chi connectivity index (χ4n) is 6.55. The highest BCUT2D eigenvalue weighted by Crippen LogP contribution is 2.40. The van der Waals surface area contributed by atoms with E-state index in [4.69, 9.17) is 9.16 Å². The Bertz CT molecular complexity index is 1560. The van der Waals surface area contributed by atoms with E-state index in [1.807, 2.05) is 50.2 Å². The summed E-state index contributed by atoms with van der Waals surface area (Å²) in [5, 5.41) is 12.9. The molecule has 0 bridgehead atoms. The van der Waals surface area contributed by atoms with E-state index in [-0.39, 0.29) is 35.1 Å². The average Bonchev–Trinajstić information content (AvgIpc) is 3.02. The Morgan fingerprint density at radius 2 is 1.38 bits per heavy atom. The smallest absolute Gasteiger partial charge is 0.261 e. The Morgan fingerprint density at radius 1 is 0.889 bits per heavy atom. The predicted molar refractivity (Wildman–Crippen MR) is 177 cm³/mol. The zero-order chi connectivity index (χ0) is 32.4. The maximum absolute atomic E-state index is 16.4. The van der Waals surface area contributed by atoms with Gasteiger partial charge in [0.1, 0.15) is 6.10 Å². The summed E-state index contributed by atoms with van der Waals surface area (Å²) in [5.41, 5.74) is 0.212. The highest BCUT2D eigenvalue weighted by molar-refractivity contribution is 6.99. The van der Waals surface area contributed by atoms with Crippen LogP contribution in [0.15, 0.2) is 97.1 Å². The van der Waals surface area contributed by atoms with Gasteiger partial charge in [0, 0.05) is 29.8 Å². The number of morpholine rings is 1. The molecule has 4 aromatic carbocycles. The van der Waals surface area contributed by atoms with E-state index in [1.54, 1.807) is 23.1 Å². The van der Waals surface area contributed by atoms with Gasteiger partial charge in [0.25, 0.3) is 8.32 Å². The highest BCUT2D eigenvalue weighted by atomic mass is 28.4. The number of hydrogen-bond donors (Lipinski definition) is 1. The summed E-state index contributed by atoms with van der Waals surface area (Å²) in [6.45, 7) is 10.8. The molecule has 5 rings (SSSR count). The van der Waals surface area contributed by atoms with Crippen LogP contribution in [-0.2, 0) is 15.8 Å². The number of ether oxygens (including phenoxy) is 1. The first kappa shape index (κ1) is 32.7. The second kappa shape index (κ2) is 13.3. The van der Waals surface area contributed by atoms with E-state index >= 15 is 8.78 Å². The van der Waals surface area contributed by atoms with Gasteiger partial charge in [0.05, 0.1) is 24.5 Å². The molecule has 236 valence electrons. The lowest BCUT2D eigenvalue weighted by Gasteiger charge is -2.43. The molecular weight excluding hydrogens is 588 g/mol. The van der Waals surface area contributed by atoms with Gasteiger partial charge in [-0.15, -0.1) is 0 Å². The van der Waals surface area contributed by atoms with Crippen LogP contribution >= 0.6 is 0 Å². The Kier molecular flexibility index (Phi) is 9.70. The zero-order valence-corrected chi connectivity index (χ0v) is 27.5. The van der Waals surface area contributed by atoms with E-state index < -0.39 is 37.4 Å². The number of aliphatic hydroxyl groups is 1. The average molecular weight is 630 g/mol. The summed E-state index contributed by atoms with van der Waals surface area (Å²) in [7, 11) is -3.07. The second-order valence-electron chi connectivity index (χ2n) is 12.8. The van der Waals surface area contributed by atoms with E-state index in [9.17, 15) is 9.90 Å². The van der Waals surface area contributed by atoms with Gasteiger partial charge in [0.15, 0.2) is 17.4 Å². The lowest BCUT2D eigenvalue weighted by molar-refractivity contribution is -0.00554. The quantitative estimate of drug-likeness (QED) is 0.168. The van der Waals surface area contributed by atoms with E-state index in [0.29, 0.717) is 18.7 Å². The molecule has 5 nitrogen and oxygen atoms in total. The van der Waals surface area contributed by atoms with Crippen molar-refractivity contribution in [1.82, 2.24) is 0 Å². The van der Waals surface area contributed by atoms with Crippen LogP contribution in [0, 0.1) is 11.6 Å². The molecule has 0 aromatic heterocycles. The second-order valence-corrected chi connectivity index (χ2v) is 17.2. The third-order valence-corrected chi connectivity index (χ3v) is 13.5. The molecule has 4 aromatic rings. The number of Topliss-reactive ketones (excluding diaryl/α,β-unsaturated/α-hetero) is 1. The molecule has 1 heterocycles. The minimum absolute atomic E-state index is 0.0653. The number of carbonyl (C=O) groups is 1. The number of hydrogen-bond acceptors (Lipinski definition) is 5. The lowest BCUT2D eigenvalue weighted by Crippen LogP contribution is -2.66. The fourth-order valence-corrected chi connectivity index (χ4v) is 11.1. The lowest BCUT2D eigenvalue weighted by atomic mass is 9.96. The van der Waals surface area contributed by atoms with Crippen LogP contribution in [-0.4, -0.2) is 44.5 Å². The molecule has 1 aliphatic heterocycles. The third-order valence-electron chi connectivity index (χ3n) is 8.49. The number of anilines is 1. The molecule has 0 radical (unpaired) electrons. The zero-order valence-electron chi connectivity index (χ0n) is 26.5. The Hall–Kier alpha value is -3.69. The molecule has 1 unspecified atom stereocenters. The van der Waals surface area contributed by atoms with Gasteiger partial charge in [-0.05, 0) is 35.3 Å². The number of rotatable bonds is 9. The molecular formula is C37H41F2NO4Si. The minimum Gasteiger partial charge on any atom is -0.403 e. The van der Waals surface area contributed by atoms with Crippen molar-refractivity contribution >= 4 is 30.2 Å². The Labute approximate surface area is 265 Å². The largest absolute Gasteiger partial charge is 0.403 e. The van der Waals surface area contributed by atoms with Gasteiger partial charge in [-0.1, -0.05) is 112 Å². The summed E-state index contributed by atoms with van der Waals surface area (Å²) in [6.07, 6.45) is -2.33. The Balaban J connectivity index is 1.66. The monoisotopic (exact) mass is 629 g/mol. The number of halogens is 2. The number of aliphatic hydroxyl groups excluding tert-OH is 1. The van der Waals surface area contributed by atoms with Crippen molar-refractivity contribution in [3.05, 3.63) is 125 Å². The molecule has 3 atom stereocenters. The van der Waals surface area contributed by atoms with Crippen molar-refractivity contribution in [1.29, 1.82) is 0 Å². The first-order chi connectivity index (χ1) is 21.4. The minimum atomic E-state index is -3.07. The van der Waals surface area contributed by atoms with Gasteiger partial charge >= 0.3 is 0 Å². The van der Waals surface area contributed by atoms with Crippen molar-refractivity contribution in [2.75, 3.05) is 18.0 Å². The molecule has 0 spiro atoms. The molecule has 1 fully saturated rings. The fraction of sp³-hybridized carbons (Fsp3) is 0.324. The van der Waals surface area contributed by atoms with Crippen molar-refractivity contribution in [2.24, 2.45) is 0 Å². The molecule has 0 saturated carbocycles. The van der Waals surface area contributed by atoms with Crippen LogP contribution in [0.1, 0.15) is 62.2 Å². The van der Waals surface area contributed by atoms with E-state index in [1.165, 1.54) is 18.2 Å². The normalized spacial score (nSPS) is 18.1. The van der Waals surface area contributed by atoms with Gasteiger partial charge in [-0.2, -0.15) is 0 Å². The summed E-state index contributed by atoms with van der Waals surface area (Å²) in [5.74, 6) is -3.08. The number of benzene rings is 4. The van der Waals surface area contributed by atoms with Crippen molar-refractivity contribution in [2.45, 2.75) is 64.6 Å². The van der Waals surface area contributed by atoms with Crippen LogP contribution < -0.4 is 15.3 Å². The molecule has 1 N–H and O–H groups in total. The van der Waals surface area contributed by atoms with E-state index in [0.717, 1.165) is 10.4 Å². The maximum atomic E-state index is 16.4. The van der Waals surface area contributed by atoms with Crippen molar-refractivity contribution < 1.29 is 27.8 Å². The van der Waals surface area contributed by atoms with Gasteiger partial charge in [0.2, 0.25) is 0 Å². The molecule has 1 aliphatic rings. The molecule has 0 amide bonds. The van der Waals surface area contributed by atoms with Crippen molar-refractivity contribution in [3.63, 3.8) is 0 Å². The molecule has 45 heavy (non-hydrogen) atoms. The summed E-state index contributed by atoms with van der Waals surface area (Å²) < 4.78 is 45.3. The molecule has 8 heteroatoms. The Morgan fingerprint density at radius 3 is 1.87 bits per heavy atom. The van der Waals surface area contributed by atoms with Gasteiger partial charge < -0.3 is 19.2 Å². The van der Waals surface area contributed by atoms with Crippen LogP contribution in [0.2, 0.25) is 5.04 Å². The first-order valence-corrected chi connectivity index (χ1v) is 17.3. The van der Waals surface area contributed by atoms with Crippen LogP contribution in [0.5, 0.6) is 0 Å². The topological polar surface area (TPSA) is 59.0 Å². The van der Waals surface area contributed by atoms with Crippen LogP contribution in [0.25, 0.3) is 0 Å². The standard InChI is InChI=1S/C37H41F2NO4Si/c1-25-22-40(23-26(2)44-25)34-28(21-31(32(38)33(34)39)36(42)35(41)27-15-9-6-10-16-27)24-43-45(37(3,4)5,29-17-11-7-12-18-29)30-19-13-8-14-20-30/h6-21,25-26,36,42H,22-24H2,1-5H3/t25-,26+,36?. The summed E-state index contributed by atoms with van der Waals surface area (Å²) >= 11 is 0. The highest BCUT2D eigenvalue weighted by Gasteiger charge is 2.50. The molecule has 0 aliphatic carbocycles. The summed E-state index contributed by atoms with van der Waals surface area (Å²) in [4.78, 5) is 15.0. The van der Waals surface area contributed by atoms with Crippen molar-refractivity contribution in [3.8, 4) is 0 Å². The van der Waals surface area contributed by atoms with Gasteiger partial charge in [-0.3, -0.25) is 4.79 Å². The maximum Gasteiger partial charge on any atom is 0.261 e. The third kappa shape index (κ3) is 6.51. The number of carbonyl (C=O) groups excluding carboxylic acids is 1. The van der Waals surface area contributed by atoms with Crippen LogP contribution in [0.4, 0.5) is 14.5 Å². The van der Waals surface area contributed by atoms with E-state index in [2.05, 4.69) is 45.0 Å². The predicted octanol–water partition coefficient (Wildman–Crippen LogP) is 6.57. The summed E-state index contributed by atoms with van der Waals surface area (Å²) in [6, 6.07) is 29.7. The molecule has 1 saturated heterocycles. The number of ketones is 1. The number of nitrogens with zero attached hydrogens (tertiary/aromatic N) is 1.